The van der Waals surface area contributed by atoms with Gasteiger partial charge in [0.05, 0.1) is 23.6 Å². The molecule has 0 atom stereocenters. The topological polar surface area (TPSA) is 85.2 Å². The van der Waals surface area contributed by atoms with Crippen LogP contribution in [0.3, 0.4) is 0 Å². The number of halogens is 3. The van der Waals surface area contributed by atoms with E-state index in [1.54, 1.807) is 12.1 Å². The molecule has 1 amide bonds. The van der Waals surface area contributed by atoms with E-state index in [1.807, 2.05) is 50.1 Å². The van der Waals surface area contributed by atoms with Crippen molar-refractivity contribution in [1.29, 1.82) is 5.26 Å². The summed E-state index contributed by atoms with van der Waals surface area (Å²) in [4.78, 5) is 25.4. The number of nitrogens with one attached hydrogen (secondary N) is 1. The van der Waals surface area contributed by atoms with Gasteiger partial charge < -0.3 is 15.1 Å². The molecule has 0 saturated carbocycles. The number of rotatable bonds is 7. The van der Waals surface area contributed by atoms with Gasteiger partial charge in [-0.15, -0.1) is 0 Å². The summed E-state index contributed by atoms with van der Waals surface area (Å²) in [5.41, 5.74) is 1.48. The number of nitrogens with zero attached hydrogens (tertiary/aromatic N) is 5. The van der Waals surface area contributed by atoms with Crippen molar-refractivity contribution in [2.24, 2.45) is 0 Å². The summed E-state index contributed by atoms with van der Waals surface area (Å²) in [6, 6.07) is 13.3. The predicted molar refractivity (Wildman–Crippen MR) is 129 cm³/mol. The number of alkyl halides is 3. The van der Waals surface area contributed by atoms with E-state index in [0.29, 0.717) is 29.6 Å². The monoisotopic (exact) mass is 482 g/mol. The fourth-order valence-electron chi connectivity index (χ4n) is 3.46. The fraction of sp³-hybridized carbons (Fsp3) is 0.280. The first kappa shape index (κ1) is 25.5. The van der Waals surface area contributed by atoms with Gasteiger partial charge in [0.2, 0.25) is 0 Å². The molecule has 0 aliphatic carbocycles. The second-order valence-corrected chi connectivity index (χ2v) is 8.29. The minimum absolute atomic E-state index is 0.125. The third-order valence-electron chi connectivity index (χ3n) is 5.16. The van der Waals surface area contributed by atoms with Crippen molar-refractivity contribution in [2.45, 2.75) is 19.0 Å². The SMILES string of the molecule is CN(C)c1nc(Cc2ccc(NC(=O)c3ccc(C(F)(F)F)cc3)cc2)nc(N(C)C)c1CC#N. The summed E-state index contributed by atoms with van der Waals surface area (Å²) >= 11 is 0. The summed E-state index contributed by atoms with van der Waals surface area (Å²) in [5.74, 6) is 1.44. The zero-order valence-corrected chi connectivity index (χ0v) is 19.8. The summed E-state index contributed by atoms with van der Waals surface area (Å²) in [6.07, 6.45) is -3.83. The molecule has 0 aliphatic heterocycles. The number of hydrogen-bond acceptors (Lipinski definition) is 6. The van der Waals surface area contributed by atoms with Crippen molar-refractivity contribution in [2.75, 3.05) is 43.3 Å². The zero-order chi connectivity index (χ0) is 25.8. The highest BCUT2D eigenvalue weighted by atomic mass is 19.4. The average Bonchev–Trinajstić information content (AvgIpc) is 2.80. The fourth-order valence-corrected chi connectivity index (χ4v) is 3.46. The quantitative estimate of drug-likeness (QED) is 0.532. The van der Waals surface area contributed by atoms with Gasteiger partial charge in [0, 0.05) is 45.9 Å². The van der Waals surface area contributed by atoms with Crippen LogP contribution in [0.15, 0.2) is 48.5 Å². The highest BCUT2D eigenvalue weighted by Crippen LogP contribution is 2.29. The maximum atomic E-state index is 12.7. The number of carbonyl (C=O) groups excluding carboxylic acids is 1. The molecule has 35 heavy (non-hydrogen) atoms. The van der Waals surface area contributed by atoms with Crippen LogP contribution in [0.5, 0.6) is 0 Å². The van der Waals surface area contributed by atoms with E-state index >= 15 is 0 Å². The van der Waals surface area contributed by atoms with E-state index in [0.717, 1.165) is 35.4 Å². The molecule has 0 radical (unpaired) electrons. The maximum Gasteiger partial charge on any atom is 0.416 e. The molecule has 3 rings (SSSR count). The number of aromatic nitrogens is 2. The van der Waals surface area contributed by atoms with Gasteiger partial charge >= 0.3 is 6.18 Å². The van der Waals surface area contributed by atoms with Crippen LogP contribution in [0.2, 0.25) is 0 Å². The van der Waals surface area contributed by atoms with Gasteiger partial charge in [-0.25, -0.2) is 9.97 Å². The predicted octanol–water partition coefficient (Wildman–Crippen LogP) is 4.54. The third kappa shape index (κ3) is 6.26. The van der Waals surface area contributed by atoms with Crippen molar-refractivity contribution < 1.29 is 18.0 Å². The molecular formula is C25H25F3N6O. The molecular weight excluding hydrogens is 457 g/mol. The van der Waals surface area contributed by atoms with E-state index in [4.69, 9.17) is 0 Å². The highest BCUT2D eigenvalue weighted by Gasteiger charge is 2.30. The van der Waals surface area contributed by atoms with Gasteiger partial charge in [0.25, 0.3) is 5.91 Å². The Morgan fingerprint density at radius 3 is 1.94 bits per heavy atom. The molecule has 2 aromatic carbocycles. The van der Waals surface area contributed by atoms with E-state index in [2.05, 4.69) is 21.4 Å². The normalized spacial score (nSPS) is 11.0. The zero-order valence-electron chi connectivity index (χ0n) is 19.8. The smallest absolute Gasteiger partial charge is 0.362 e. The molecule has 1 aromatic heterocycles. The molecule has 182 valence electrons. The maximum absolute atomic E-state index is 12.7. The summed E-state index contributed by atoms with van der Waals surface area (Å²) in [7, 11) is 7.45. The third-order valence-corrected chi connectivity index (χ3v) is 5.16. The second kappa shape index (κ2) is 10.4. The average molecular weight is 483 g/mol. The molecule has 0 bridgehead atoms. The number of carbonyl (C=O) groups is 1. The molecule has 0 saturated heterocycles. The number of benzene rings is 2. The molecule has 7 nitrogen and oxygen atoms in total. The first-order valence-corrected chi connectivity index (χ1v) is 10.7. The molecule has 0 aliphatic rings. The lowest BCUT2D eigenvalue weighted by atomic mass is 10.1. The molecule has 3 aromatic rings. The Labute approximate surface area is 201 Å². The van der Waals surface area contributed by atoms with Crippen molar-refractivity contribution in [1.82, 2.24) is 9.97 Å². The van der Waals surface area contributed by atoms with E-state index < -0.39 is 17.6 Å². The Bertz CT molecular complexity index is 1200. The first-order chi connectivity index (χ1) is 16.5. The van der Waals surface area contributed by atoms with Gasteiger partial charge in [-0.3, -0.25) is 4.79 Å². The highest BCUT2D eigenvalue weighted by molar-refractivity contribution is 6.04. The van der Waals surface area contributed by atoms with Crippen LogP contribution in [0, 0.1) is 11.3 Å². The van der Waals surface area contributed by atoms with Gasteiger partial charge in [-0.2, -0.15) is 18.4 Å². The lowest BCUT2D eigenvalue weighted by Crippen LogP contribution is -2.21. The van der Waals surface area contributed by atoms with Gasteiger partial charge in [0.15, 0.2) is 0 Å². The summed E-state index contributed by atoms with van der Waals surface area (Å²) < 4.78 is 38.1. The van der Waals surface area contributed by atoms with Crippen LogP contribution in [0.4, 0.5) is 30.5 Å². The minimum Gasteiger partial charge on any atom is -0.362 e. The Balaban J connectivity index is 1.76. The van der Waals surface area contributed by atoms with Crippen molar-refractivity contribution in [3.63, 3.8) is 0 Å². The molecule has 1 N–H and O–H groups in total. The van der Waals surface area contributed by atoms with Crippen molar-refractivity contribution >= 4 is 23.2 Å². The van der Waals surface area contributed by atoms with E-state index in [-0.39, 0.29) is 12.0 Å². The van der Waals surface area contributed by atoms with Crippen LogP contribution in [-0.4, -0.2) is 44.1 Å². The Morgan fingerprint density at radius 1 is 0.943 bits per heavy atom. The Morgan fingerprint density at radius 2 is 1.49 bits per heavy atom. The van der Waals surface area contributed by atoms with Crippen molar-refractivity contribution in [3.05, 3.63) is 76.6 Å². The molecule has 0 unspecified atom stereocenters. The van der Waals surface area contributed by atoms with Gasteiger partial charge in [-0.05, 0) is 42.0 Å². The van der Waals surface area contributed by atoms with Crippen LogP contribution >= 0.6 is 0 Å². The van der Waals surface area contributed by atoms with E-state index in [1.165, 1.54) is 0 Å². The lowest BCUT2D eigenvalue weighted by molar-refractivity contribution is -0.137. The molecule has 0 fully saturated rings. The van der Waals surface area contributed by atoms with Crippen LogP contribution in [0.1, 0.15) is 32.9 Å². The summed E-state index contributed by atoms with van der Waals surface area (Å²) in [6.45, 7) is 0. The standard InChI is InChI=1S/C25H25F3N6O/c1-33(2)22-20(13-14-29)23(34(3)4)32-21(31-22)15-16-5-11-19(12-6-16)30-24(35)17-7-9-18(10-8-17)25(26,27)28/h5-12H,13,15H2,1-4H3,(H,30,35). The van der Waals surface area contributed by atoms with E-state index in [9.17, 15) is 23.2 Å². The van der Waals surface area contributed by atoms with Crippen molar-refractivity contribution in [3.8, 4) is 6.07 Å². The largest absolute Gasteiger partial charge is 0.416 e. The number of nitriles is 1. The Kier molecular flexibility index (Phi) is 7.59. The van der Waals surface area contributed by atoms with Gasteiger partial charge in [0.1, 0.15) is 17.5 Å². The van der Waals surface area contributed by atoms with Crippen LogP contribution in [0.25, 0.3) is 0 Å². The Hall–Kier alpha value is -4.13. The molecule has 0 spiro atoms. The lowest BCUT2D eigenvalue weighted by Gasteiger charge is -2.22. The van der Waals surface area contributed by atoms with Gasteiger partial charge in [-0.1, -0.05) is 12.1 Å². The number of anilines is 3. The minimum atomic E-state index is -4.45. The second-order valence-electron chi connectivity index (χ2n) is 8.29. The molecule has 10 heteroatoms. The van der Waals surface area contributed by atoms with Crippen LogP contribution < -0.4 is 15.1 Å². The summed E-state index contributed by atoms with van der Waals surface area (Å²) in [5, 5.41) is 11.9. The number of hydrogen-bond donors (Lipinski definition) is 1. The molecule has 1 heterocycles. The van der Waals surface area contributed by atoms with Crippen LogP contribution in [-0.2, 0) is 19.0 Å². The first-order valence-electron chi connectivity index (χ1n) is 10.7. The number of amides is 1.